The number of benzene rings is 7. The van der Waals surface area contributed by atoms with Crippen LogP contribution in [0.1, 0.15) is 0 Å². The molecule has 0 aliphatic heterocycles. The SMILES string of the molecule is Clc1ccc(-c2ccc3c(c2)c2ccccc2n3-c2ccc(-c3ccc(-n4c5ccccc5c5ccccc54)cc3)cc2)cc1. The number of hydrogen-bond donors (Lipinski definition) is 0. The smallest absolute Gasteiger partial charge is 0.0541 e. The average molecular weight is 595 g/mol. The largest absolute Gasteiger partial charge is 0.309 e. The van der Waals surface area contributed by atoms with E-state index in [4.69, 9.17) is 11.6 Å². The summed E-state index contributed by atoms with van der Waals surface area (Å²) in [7, 11) is 0. The van der Waals surface area contributed by atoms with Crippen LogP contribution in [-0.4, -0.2) is 9.13 Å². The van der Waals surface area contributed by atoms with Crippen molar-refractivity contribution in [2.75, 3.05) is 0 Å². The number of nitrogens with zero attached hydrogens (tertiary/aromatic N) is 2. The van der Waals surface area contributed by atoms with Crippen LogP contribution in [0.4, 0.5) is 0 Å². The number of aromatic nitrogens is 2. The van der Waals surface area contributed by atoms with Gasteiger partial charge in [-0.3, -0.25) is 0 Å². The fourth-order valence-electron chi connectivity index (χ4n) is 6.88. The van der Waals surface area contributed by atoms with Gasteiger partial charge in [-0.25, -0.2) is 0 Å². The van der Waals surface area contributed by atoms with Crippen molar-refractivity contribution in [1.82, 2.24) is 9.13 Å². The highest BCUT2D eigenvalue weighted by atomic mass is 35.5. The van der Waals surface area contributed by atoms with E-state index in [0.29, 0.717) is 0 Å². The quantitative estimate of drug-likeness (QED) is 0.192. The lowest BCUT2D eigenvalue weighted by molar-refractivity contribution is 1.18. The van der Waals surface area contributed by atoms with E-state index >= 15 is 0 Å². The molecule has 0 amide bonds. The summed E-state index contributed by atoms with van der Waals surface area (Å²) in [6, 6.07) is 58.6. The molecular formula is C42H27ClN2. The van der Waals surface area contributed by atoms with Gasteiger partial charge in [0.05, 0.1) is 22.1 Å². The Morgan fingerprint density at radius 3 is 1.16 bits per heavy atom. The fourth-order valence-corrected chi connectivity index (χ4v) is 7.01. The highest BCUT2D eigenvalue weighted by Crippen LogP contribution is 2.36. The van der Waals surface area contributed by atoms with Gasteiger partial charge in [-0.2, -0.15) is 0 Å². The zero-order valence-electron chi connectivity index (χ0n) is 24.4. The van der Waals surface area contributed by atoms with Crippen molar-refractivity contribution in [3.63, 3.8) is 0 Å². The van der Waals surface area contributed by atoms with Crippen molar-refractivity contribution in [1.29, 1.82) is 0 Å². The lowest BCUT2D eigenvalue weighted by Gasteiger charge is -2.11. The molecule has 0 radical (unpaired) electrons. The van der Waals surface area contributed by atoms with E-state index in [9.17, 15) is 0 Å². The number of para-hydroxylation sites is 3. The second-order valence-corrected chi connectivity index (χ2v) is 12.0. The Morgan fingerprint density at radius 2 is 0.667 bits per heavy atom. The van der Waals surface area contributed by atoms with Crippen molar-refractivity contribution >= 4 is 55.2 Å². The van der Waals surface area contributed by atoms with Gasteiger partial charge in [0, 0.05) is 37.9 Å². The van der Waals surface area contributed by atoms with E-state index in [2.05, 4.69) is 161 Å². The minimum atomic E-state index is 0.749. The summed E-state index contributed by atoms with van der Waals surface area (Å²) < 4.78 is 4.73. The number of hydrogen-bond acceptors (Lipinski definition) is 0. The zero-order valence-corrected chi connectivity index (χ0v) is 25.1. The van der Waals surface area contributed by atoms with Crippen molar-refractivity contribution in [2.45, 2.75) is 0 Å². The van der Waals surface area contributed by atoms with Crippen LogP contribution in [-0.2, 0) is 0 Å². The third-order valence-electron chi connectivity index (χ3n) is 9.01. The Kier molecular flexibility index (Phi) is 5.90. The van der Waals surface area contributed by atoms with Gasteiger partial charge >= 0.3 is 0 Å². The summed E-state index contributed by atoms with van der Waals surface area (Å²) in [4.78, 5) is 0. The molecule has 0 unspecified atom stereocenters. The van der Waals surface area contributed by atoms with E-state index < -0.39 is 0 Å². The van der Waals surface area contributed by atoms with Gasteiger partial charge in [-0.05, 0) is 89.0 Å². The Morgan fingerprint density at radius 1 is 0.311 bits per heavy atom. The van der Waals surface area contributed by atoms with Crippen molar-refractivity contribution in [2.24, 2.45) is 0 Å². The first kappa shape index (κ1) is 25.9. The summed E-state index contributed by atoms with van der Waals surface area (Å²) in [5.74, 6) is 0. The van der Waals surface area contributed by atoms with E-state index in [1.165, 1.54) is 60.3 Å². The van der Waals surface area contributed by atoms with Crippen LogP contribution >= 0.6 is 11.6 Å². The molecule has 3 heteroatoms. The molecule has 0 spiro atoms. The van der Waals surface area contributed by atoms with Crippen LogP contribution in [0.2, 0.25) is 5.02 Å². The first-order valence-electron chi connectivity index (χ1n) is 15.2. The van der Waals surface area contributed by atoms with Gasteiger partial charge in [0.2, 0.25) is 0 Å². The summed E-state index contributed by atoms with van der Waals surface area (Å²) in [6.07, 6.45) is 0. The van der Waals surface area contributed by atoms with Crippen LogP contribution in [0.25, 0.3) is 77.2 Å². The maximum Gasteiger partial charge on any atom is 0.0541 e. The molecular weight excluding hydrogens is 568 g/mol. The molecule has 0 N–H and O–H groups in total. The lowest BCUT2D eigenvalue weighted by atomic mass is 10.0. The highest BCUT2D eigenvalue weighted by molar-refractivity contribution is 6.30. The molecule has 2 aromatic heterocycles. The summed E-state index contributed by atoms with van der Waals surface area (Å²) in [5.41, 5.74) is 11.9. The van der Waals surface area contributed by atoms with Gasteiger partial charge < -0.3 is 9.13 Å². The van der Waals surface area contributed by atoms with Gasteiger partial charge in [0.25, 0.3) is 0 Å². The molecule has 9 aromatic rings. The van der Waals surface area contributed by atoms with E-state index in [0.717, 1.165) is 22.0 Å². The second kappa shape index (κ2) is 10.3. The maximum atomic E-state index is 6.16. The number of fused-ring (bicyclic) bond motifs is 6. The molecule has 212 valence electrons. The van der Waals surface area contributed by atoms with Crippen LogP contribution in [0, 0.1) is 0 Å². The predicted octanol–water partition coefficient (Wildman–Crippen LogP) is 11.9. The Hall–Kier alpha value is -5.57. The minimum absolute atomic E-state index is 0.749. The molecule has 9 rings (SSSR count). The maximum absolute atomic E-state index is 6.16. The van der Waals surface area contributed by atoms with Gasteiger partial charge in [-0.1, -0.05) is 109 Å². The monoisotopic (exact) mass is 594 g/mol. The van der Waals surface area contributed by atoms with Crippen molar-refractivity contribution < 1.29 is 0 Å². The van der Waals surface area contributed by atoms with Crippen LogP contribution in [0.15, 0.2) is 164 Å². The zero-order chi connectivity index (χ0) is 29.9. The van der Waals surface area contributed by atoms with E-state index in [-0.39, 0.29) is 0 Å². The van der Waals surface area contributed by atoms with Crippen LogP contribution in [0.3, 0.4) is 0 Å². The third-order valence-corrected chi connectivity index (χ3v) is 9.27. The topological polar surface area (TPSA) is 9.86 Å². The first-order valence-corrected chi connectivity index (χ1v) is 15.6. The first-order chi connectivity index (χ1) is 22.2. The second-order valence-electron chi connectivity index (χ2n) is 11.6. The average Bonchev–Trinajstić information content (AvgIpc) is 3.62. The molecule has 45 heavy (non-hydrogen) atoms. The molecule has 7 aromatic carbocycles. The fraction of sp³-hybridized carbons (Fsp3) is 0. The molecule has 2 nitrogen and oxygen atoms in total. The minimum Gasteiger partial charge on any atom is -0.309 e. The summed E-state index contributed by atoms with van der Waals surface area (Å²) >= 11 is 6.16. The highest BCUT2D eigenvalue weighted by Gasteiger charge is 2.14. The summed E-state index contributed by atoms with van der Waals surface area (Å²) in [5, 5.41) is 5.79. The Labute approximate surface area is 266 Å². The molecule has 0 saturated carbocycles. The molecule has 0 aliphatic carbocycles. The van der Waals surface area contributed by atoms with E-state index in [1.807, 2.05) is 12.1 Å². The number of halogens is 1. The Balaban J connectivity index is 1.09. The molecule has 0 bridgehead atoms. The van der Waals surface area contributed by atoms with Gasteiger partial charge in [-0.15, -0.1) is 0 Å². The standard InChI is InChI=1S/C42H27ClN2/c43-32-20-13-30(14-21-32)31-19-26-42-38(27-31)37-9-3-6-12-41(37)45(42)34-24-17-29(18-25-34)28-15-22-33(23-16-28)44-39-10-4-1-7-35(39)36-8-2-5-11-40(36)44/h1-27H. The van der Waals surface area contributed by atoms with Gasteiger partial charge in [0.1, 0.15) is 0 Å². The lowest BCUT2D eigenvalue weighted by Crippen LogP contribution is -1.94. The van der Waals surface area contributed by atoms with Gasteiger partial charge in [0.15, 0.2) is 0 Å². The molecule has 0 fully saturated rings. The predicted molar refractivity (Wildman–Crippen MR) is 191 cm³/mol. The molecule has 0 atom stereocenters. The van der Waals surface area contributed by atoms with E-state index in [1.54, 1.807) is 0 Å². The number of rotatable bonds is 4. The molecule has 0 saturated heterocycles. The van der Waals surface area contributed by atoms with Crippen molar-refractivity contribution in [3.05, 3.63) is 169 Å². The van der Waals surface area contributed by atoms with Crippen LogP contribution in [0.5, 0.6) is 0 Å². The normalized spacial score (nSPS) is 11.7. The Bertz CT molecular complexity index is 2460. The van der Waals surface area contributed by atoms with Crippen LogP contribution < -0.4 is 0 Å². The molecule has 0 aliphatic rings. The summed E-state index contributed by atoms with van der Waals surface area (Å²) in [6.45, 7) is 0. The van der Waals surface area contributed by atoms with Crippen molar-refractivity contribution in [3.8, 4) is 33.6 Å². The molecule has 2 heterocycles. The third kappa shape index (κ3) is 4.18.